The third-order valence-electron chi connectivity index (χ3n) is 5.27. The van der Waals surface area contributed by atoms with Crippen LogP contribution < -0.4 is 4.72 Å². The Hall–Kier alpha value is -3.20. The average molecular weight is 440 g/mol. The molecule has 8 nitrogen and oxygen atoms in total. The minimum absolute atomic E-state index is 0.176. The normalized spacial score (nSPS) is 16.8. The molecule has 0 spiro atoms. The molecule has 0 bridgehead atoms. The van der Waals surface area contributed by atoms with Crippen molar-refractivity contribution in [2.75, 3.05) is 7.05 Å². The highest BCUT2D eigenvalue weighted by Crippen LogP contribution is 2.23. The first-order chi connectivity index (χ1) is 14.9. The molecule has 2 N–H and O–H groups in total. The second kappa shape index (κ2) is 8.50. The lowest BCUT2D eigenvalue weighted by atomic mass is 10.1. The quantitative estimate of drug-likeness (QED) is 0.590. The van der Waals surface area contributed by atoms with Crippen molar-refractivity contribution in [2.24, 2.45) is 4.99 Å². The molecule has 9 heteroatoms. The van der Waals surface area contributed by atoms with E-state index < -0.39 is 16.1 Å². The number of carbonyl (C=O) groups excluding carboxylic acids is 1. The molecule has 0 fully saturated rings. The zero-order valence-electron chi connectivity index (χ0n) is 17.5. The molecule has 1 amide bonds. The van der Waals surface area contributed by atoms with Crippen LogP contribution in [0.25, 0.3) is 11.0 Å². The van der Waals surface area contributed by atoms with Gasteiger partial charge in [0.2, 0.25) is 5.91 Å². The number of fused-ring (bicyclic) bond motifs is 2. The Morgan fingerprint density at radius 1 is 1.16 bits per heavy atom. The van der Waals surface area contributed by atoms with Crippen LogP contribution in [0.1, 0.15) is 37.6 Å². The van der Waals surface area contributed by atoms with Gasteiger partial charge in [-0.1, -0.05) is 44.0 Å². The van der Waals surface area contributed by atoms with E-state index in [1.807, 2.05) is 31.2 Å². The predicted molar refractivity (Wildman–Crippen MR) is 119 cm³/mol. The highest BCUT2D eigenvalue weighted by molar-refractivity contribution is 7.90. The molecule has 1 aliphatic rings. The van der Waals surface area contributed by atoms with Gasteiger partial charge in [0, 0.05) is 12.6 Å². The van der Waals surface area contributed by atoms with Gasteiger partial charge in [0.15, 0.2) is 0 Å². The van der Waals surface area contributed by atoms with Crippen LogP contribution in [-0.2, 0) is 21.4 Å². The van der Waals surface area contributed by atoms with E-state index >= 15 is 0 Å². The van der Waals surface area contributed by atoms with Crippen LogP contribution >= 0.6 is 0 Å². The van der Waals surface area contributed by atoms with Gasteiger partial charge in [-0.15, -0.1) is 0 Å². The van der Waals surface area contributed by atoms with Crippen molar-refractivity contribution < 1.29 is 13.2 Å². The van der Waals surface area contributed by atoms with Gasteiger partial charge in [0.25, 0.3) is 10.0 Å². The van der Waals surface area contributed by atoms with Crippen molar-refractivity contribution in [2.45, 2.75) is 43.7 Å². The number of aromatic amines is 1. The van der Waals surface area contributed by atoms with Crippen LogP contribution in [0.4, 0.5) is 0 Å². The number of imidazole rings is 1. The smallest absolute Gasteiger partial charge is 0.263 e. The number of nitrogens with one attached hydrogen (secondary N) is 2. The third kappa shape index (κ3) is 4.32. The molecular formula is C22H25N5O3S. The highest BCUT2D eigenvalue weighted by atomic mass is 32.2. The summed E-state index contributed by atoms with van der Waals surface area (Å²) in [6.45, 7) is 2.35. The lowest BCUT2D eigenvalue weighted by Gasteiger charge is -2.21. The molecule has 0 aliphatic carbocycles. The van der Waals surface area contributed by atoms with Gasteiger partial charge in [0.1, 0.15) is 17.7 Å². The van der Waals surface area contributed by atoms with Crippen molar-refractivity contribution in [3.8, 4) is 0 Å². The van der Waals surface area contributed by atoms with E-state index in [2.05, 4.69) is 19.7 Å². The van der Waals surface area contributed by atoms with Crippen molar-refractivity contribution in [1.82, 2.24) is 19.6 Å². The van der Waals surface area contributed by atoms with Gasteiger partial charge in [0.05, 0.1) is 22.5 Å². The number of hydrogen-bond acceptors (Lipinski definition) is 5. The predicted octanol–water partition coefficient (Wildman–Crippen LogP) is 2.82. The summed E-state index contributed by atoms with van der Waals surface area (Å²) in [5.41, 5.74) is 2.26. The third-order valence-corrected chi connectivity index (χ3v) is 6.66. The standard InChI is InChI=1S/C22H25N5O3S/c1-3-4-10-18(25-21-15-9-5-8-13-19(15)31(29,30)26-21)22(28)27(2)14-20-23-16-11-6-7-12-17(16)24-20/h5-9,11-13,18H,3-4,10,14H2,1-2H3,(H,23,24)(H,25,26). The van der Waals surface area contributed by atoms with Gasteiger partial charge in [-0.3, -0.25) is 14.5 Å². The number of aliphatic imine (C=N–C) groups is 1. The van der Waals surface area contributed by atoms with Gasteiger partial charge < -0.3 is 9.88 Å². The molecule has 2 heterocycles. The largest absolute Gasteiger partial charge is 0.340 e. The number of carbonyl (C=O) groups is 1. The summed E-state index contributed by atoms with van der Waals surface area (Å²) in [5, 5.41) is 0. The van der Waals surface area contributed by atoms with Crippen LogP contribution in [0.2, 0.25) is 0 Å². The van der Waals surface area contributed by atoms with E-state index in [9.17, 15) is 13.2 Å². The molecule has 1 aliphatic heterocycles. The first-order valence-corrected chi connectivity index (χ1v) is 11.8. The monoisotopic (exact) mass is 439 g/mol. The Bertz CT molecular complexity index is 1220. The van der Waals surface area contributed by atoms with Gasteiger partial charge in [-0.2, -0.15) is 0 Å². The number of sulfonamides is 1. The second-order valence-electron chi connectivity index (χ2n) is 7.63. The lowest BCUT2D eigenvalue weighted by Crippen LogP contribution is -2.37. The number of H-pyrrole nitrogens is 1. The molecule has 31 heavy (non-hydrogen) atoms. The average Bonchev–Trinajstić information content (AvgIpc) is 3.28. The van der Waals surface area contributed by atoms with E-state index in [1.165, 1.54) is 6.07 Å². The molecule has 3 aromatic rings. The highest BCUT2D eigenvalue weighted by Gasteiger charge is 2.32. The molecule has 0 saturated carbocycles. The fourth-order valence-corrected chi connectivity index (χ4v) is 4.90. The number of likely N-dealkylation sites (N-methyl/N-ethyl adjacent to an activating group) is 1. The molecule has 1 unspecified atom stereocenters. The fraction of sp³-hybridized carbons (Fsp3) is 0.318. The summed E-state index contributed by atoms with van der Waals surface area (Å²) in [6, 6.07) is 13.7. The maximum absolute atomic E-state index is 13.2. The van der Waals surface area contributed by atoms with Crippen molar-refractivity contribution in [3.05, 3.63) is 59.9 Å². The number of nitrogens with zero attached hydrogens (tertiary/aromatic N) is 3. The number of benzene rings is 2. The molecule has 0 saturated heterocycles. The Morgan fingerprint density at radius 2 is 1.90 bits per heavy atom. The first kappa shape index (κ1) is 21.0. The first-order valence-electron chi connectivity index (χ1n) is 10.3. The summed E-state index contributed by atoms with van der Waals surface area (Å²) < 4.78 is 27.3. The molecule has 0 radical (unpaired) electrons. The Morgan fingerprint density at radius 3 is 2.68 bits per heavy atom. The summed E-state index contributed by atoms with van der Waals surface area (Å²) in [5.74, 6) is 0.734. The Labute approximate surface area is 181 Å². The van der Waals surface area contributed by atoms with Crippen molar-refractivity contribution in [3.63, 3.8) is 0 Å². The zero-order chi connectivity index (χ0) is 22.0. The van der Waals surface area contributed by atoms with E-state index in [0.29, 0.717) is 24.4 Å². The second-order valence-corrected chi connectivity index (χ2v) is 9.28. The lowest BCUT2D eigenvalue weighted by molar-refractivity contribution is -0.132. The van der Waals surface area contributed by atoms with E-state index in [-0.39, 0.29) is 16.6 Å². The molecule has 162 valence electrons. The summed E-state index contributed by atoms with van der Waals surface area (Å²) in [6.07, 6.45) is 2.25. The maximum atomic E-state index is 13.2. The Balaban J connectivity index is 1.58. The van der Waals surface area contributed by atoms with Gasteiger partial charge in [-0.05, 0) is 30.7 Å². The van der Waals surface area contributed by atoms with E-state index in [4.69, 9.17) is 0 Å². The SMILES string of the molecule is CCCCC(N=C1NS(=O)(=O)c2ccccc21)C(=O)N(C)Cc1nc2ccccc2[nH]1. The molecule has 2 aromatic carbocycles. The number of para-hydroxylation sites is 2. The van der Waals surface area contributed by atoms with Crippen LogP contribution in [-0.4, -0.2) is 48.1 Å². The molecule has 4 rings (SSSR count). The topological polar surface area (TPSA) is 108 Å². The minimum Gasteiger partial charge on any atom is -0.340 e. The van der Waals surface area contributed by atoms with Gasteiger partial charge >= 0.3 is 0 Å². The number of unbranched alkanes of at least 4 members (excludes halogenated alkanes) is 1. The molecule has 1 atom stereocenters. The van der Waals surface area contributed by atoms with Crippen molar-refractivity contribution in [1.29, 1.82) is 0 Å². The summed E-state index contributed by atoms with van der Waals surface area (Å²) in [7, 11) is -1.94. The minimum atomic E-state index is -3.65. The maximum Gasteiger partial charge on any atom is 0.263 e. The van der Waals surface area contributed by atoms with Crippen LogP contribution in [0.3, 0.4) is 0 Å². The molecule has 1 aromatic heterocycles. The van der Waals surface area contributed by atoms with E-state index in [0.717, 1.165) is 23.9 Å². The summed E-state index contributed by atoms with van der Waals surface area (Å²) >= 11 is 0. The van der Waals surface area contributed by atoms with Crippen LogP contribution in [0.15, 0.2) is 58.4 Å². The number of rotatable bonds is 7. The number of aromatic nitrogens is 2. The number of amidine groups is 1. The fourth-order valence-electron chi connectivity index (χ4n) is 3.66. The van der Waals surface area contributed by atoms with Crippen LogP contribution in [0, 0.1) is 0 Å². The summed E-state index contributed by atoms with van der Waals surface area (Å²) in [4.78, 5) is 27.3. The van der Waals surface area contributed by atoms with Crippen molar-refractivity contribution >= 4 is 32.8 Å². The molecular weight excluding hydrogens is 414 g/mol. The zero-order valence-corrected chi connectivity index (χ0v) is 18.3. The number of hydrogen-bond donors (Lipinski definition) is 2. The number of amides is 1. The van der Waals surface area contributed by atoms with Gasteiger partial charge in [-0.25, -0.2) is 13.4 Å². The van der Waals surface area contributed by atoms with Crippen LogP contribution in [0.5, 0.6) is 0 Å². The van der Waals surface area contributed by atoms with E-state index in [1.54, 1.807) is 30.1 Å². The Kier molecular flexibility index (Phi) is 5.77.